The first-order valence-corrected chi connectivity index (χ1v) is 11.5. The Morgan fingerprint density at radius 3 is 2.17 bits per heavy atom. The molecule has 0 bridgehead atoms. The van der Waals surface area contributed by atoms with Gasteiger partial charge in [0.1, 0.15) is 0 Å². The van der Waals surface area contributed by atoms with Gasteiger partial charge >= 0.3 is 0 Å². The van der Waals surface area contributed by atoms with Gasteiger partial charge < -0.3 is 4.90 Å². The smallest absolute Gasteiger partial charge is 0.259 e. The van der Waals surface area contributed by atoms with Crippen LogP contribution in [-0.2, 0) is 15.4 Å². The Balaban J connectivity index is 1.90. The van der Waals surface area contributed by atoms with Crippen molar-refractivity contribution in [2.45, 2.75) is 43.9 Å². The van der Waals surface area contributed by atoms with Gasteiger partial charge in [-0.3, -0.25) is 4.79 Å². The normalized spacial score (nSPS) is 15.5. The number of carbonyl (C=O) groups is 1. The topological polar surface area (TPSA) is 57.7 Å². The molecule has 0 saturated carbocycles. The number of halogens is 1. The molecule has 2 aromatic rings. The van der Waals surface area contributed by atoms with Gasteiger partial charge in [0.05, 0.1) is 15.5 Å². The zero-order chi connectivity index (χ0) is 21.4. The van der Waals surface area contributed by atoms with E-state index in [1.54, 1.807) is 7.05 Å². The molecule has 7 heteroatoms. The van der Waals surface area contributed by atoms with Crippen LogP contribution in [0.25, 0.3) is 0 Å². The Hall–Kier alpha value is -1.89. The fourth-order valence-corrected chi connectivity index (χ4v) is 5.13. The average Bonchev–Trinajstić information content (AvgIpc) is 3.22. The minimum atomic E-state index is -3.62. The minimum absolute atomic E-state index is 0.0165. The highest BCUT2D eigenvalue weighted by atomic mass is 35.5. The van der Waals surface area contributed by atoms with Crippen LogP contribution >= 0.6 is 11.6 Å². The lowest BCUT2D eigenvalue weighted by Gasteiger charge is -2.22. The molecule has 1 fully saturated rings. The molecule has 3 rings (SSSR count). The molecule has 0 atom stereocenters. The van der Waals surface area contributed by atoms with E-state index in [-0.39, 0.29) is 26.8 Å². The molecule has 1 amide bonds. The van der Waals surface area contributed by atoms with Crippen LogP contribution in [0, 0.1) is 0 Å². The van der Waals surface area contributed by atoms with Crippen molar-refractivity contribution in [2.24, 2.45) is 0 Å². The van der Waals surface area contributed by atoms with E-state index < -0.39 is 10.0 Å². The second kappa shape index (κ2) is 8.09. The molecule has 2 aromatic carbocycles. The molecule has 1 aliphatic rings. The Bertz CT molecular complexity index is 1010. The predicted molar refractivity (Wildman–Crippen MR) is 117 cm³/mol. The van der Waals surface area contributed by atoms with Gasteiger partial charge in [-0.25, -0.2) is 8.42 Å². The van der Waals surface area contributed by atoms with E-state index in [0.29, 0.717) is 18.8 Å². The molecule has 1 aliphatic heterocycles. The first-order chi connectivity index (χ1) is 13.5. The molecule has 1 heterocycles. The summed E-state index contributed by atoms with van der Waals surface area (Å²) in [5, 5.41) is 0.230. The Morgan fingerprint density at radius 1 is 1.03 bits per heavy atom. The lowest BCUT2D eigenvalue weighted by Crippen LogP contribution is -2.29. The Morgan fingerprint density at radius 2 is 1.62 bits per heavy atom. The van der Waals surface area contributed by atoms with Crippen molar-refractivity contribution in [3.8, 4) is 0 Å². The van der Waals surface area contributed by atoms with Gasteiger partial charge in [-0.1, -0.05) is 44.5 Å². The summed E-state index contributed by atoms with van der Waals surface area (Å²) in [6.45, 7) is 7.40. The number of anilines is 1. The average molecular weight is 435 g/mol. The van der Waals surface area contributed by atoms with Crippen molar-refractivity contribution in [1.82, 2.24) is 4.31 Å². The summed E-state index contributed by atoms with van der Waals surface area (Å²) in [6.07, 6.45) is 1.71. The van der Waals surface area contributed by atoms with E-state index in [1.807, 2.05) is 24.3 Å². The summed E-state index contributed by atoms with van der Waals surface area (Å²) in [5.41, 5.74) is 2.07. The number of benzene rings is 2. The monoisotopic (exact) mass is 434 g/mol. The number of nitrogens with zero attached hydrogens (tertiary/aromatic N) is 2. The van der Waals surface area contributed by atoms with Crippen LogP contribution in [0.4, 0.5) is 5.69 Å². The number of hydrogen-bond donors (Lipinski definition) is 0. The fraction of sp³-hybridized carbons (Fsp3) is 0.409. The van der Waals surface area contributed by atoms with Gasteiger partial charge in [0.25, 0.3) is 5.91 Å². The van der Waals surface area contributed by atoms with E-state index in [4.69, 9.17) is 11.6 Å². The molecule has 1 saturated heterocycles. The SMILES string of the molecule is CN(C(=O)c1cc(S(=O)(=O)N2CCCC2)ccc1Cl)c1ccc(C(C)(C)C)cc1. The number of sulfonamides is 1. The molecular formula is C22H27ClN2O3S. The zero-order valence-electron chi connectivity index (χ0n) is 17.3. The summed E-state index contributed by atoms with van der Waals surface area (Å²) in [7, 11) is -1.96. The van der Waals surface area contributed by atoms with Crippen LogP contribution in [0.5, 0.6) is 0 Å². The van der Waals surface area contributed by atoms with Crippen molar-refractivity contribution >= 4 is 33.2 Å². The van der Waals surface area contributed by atoms with Crippen molar-refractivity contribution in [3.63, 3.8) is 0 Å². The summed E-state index contributed by atoms with van der Waals surface area (Å²) in [6, 6.07) is 12.1. The van der Waals surface area contributed by atoms with Gasteiger partial charge in [0, 0.05) is 25.8 Å². The third kappa shape index (κ3) is 4.49. The highest BCUT2D eigenvalue weighted by Gasteiger charge is 2.29. The summed E-state index contributed by atoms with van der Waals surface area (Å²) in [4.78, 5) is 14.7. The van der Waals surface area contributed by atoms with E-state index in [2.05, 4.69) is 20.8 Å². The van der Waals surface area contributed by atoms with Crippen LogP contribution in [0.3, 0.4) is 0 Å². The summed E-state index contributed by atoms with van der Waals surface area (Å²) < 4.78 is 27.2. The summed E-state index contributed by atoms with van der Waals surface area (Å²) >= 11 is 6.26. The molecule has 0 aliphatic carbocycles. The van der Waals surface area contributed by atoms with Crippen LogP contribution in [-0.4, -0.2) is 38.8 Å². The number of amides is 1. The largest absolute Gasteiger partial charge is 0.311 e. The molecule has 0 N–H and O–H groups in total. The van der Waals surface area contributed by atoms with E-state index in [1.165, 1.54) is 33.0 Å². The molecule has 0 unspecified atom stereocenters. The highest BCUT2D eigenvalue weighted by molar-refractivity contribution is 7.89. The maximum Gasteiger partial charge on any atom is 0.259 e. The van der Waals surface area contributed by atoms with Crippen molar-refractivity contribution < 1.29 is 13.2 Å². The molecule has 29 heavy (non-hydrogen) atoms. The maximum atomic E-state index is 13.1. The van der Waals surface area contributed by atoms with Gasteiger partial charge in [0.2, 0.25) is 10.0 Å². The van der Waals surface area contributed by atoms with E-state index in [9.17, 15) is 13.2 Å². The fourth-order valence-electron chi connectivity index (χ4n) is 3.39. The second-order valence-corrected chi connectivity index (χ2v) is 10.8. The quantitative estimate of drug-likeness (QED) is 0.700. The van der Waals surface area contributed by atoms with Crippen LogP contribution in [0.15, 0.2) is 47.4 Å². The van der Waals surface area contributed by atoms with Gasteiger partial charge in [-0.05, 0) is 54.2 Å². The second-order valence-electron chi connectivity index (χ2n) is 8.41. The lowest BCUT2D eigenvalue weighted by molar-refractivity contribution is 0.0993. The van der Waals surface area contributed by atoms with Crippen LogP contribution in [0.1, 0.15) is 49.5 Å². The Kier molecular flexibility index (Phi) is 6.08. The Labute approximate surface area is 178 Å². The molecular weight excluding hydrogens is 408 g/mol. The predicted octanol–water partition coefficient (Wildman–Crippen LogP) is 4.70. The van der Waals surface area contributed by atoms with E-state index >= 15 is 0 Å². The van der Waals surface area contributed by atoms with Crippen LogP contribution < -0.4 is 4.90 Å². The van der Waals surface area contributed by atoms with Gasteiger partial charge in [-0.2, -0.15) is 4.31 Å². The number of carbonyl (C=O) groups excluding carboxylic acids is 1. The molecule has 0 spiro atoms. The first-order valence-electron chi connectivity index (χ1n) is 9.70. The van der Waals surface area contributed by atoms with Gasteiger partial charge in [0.15, 0.2) is 0 Å². The van der Waals surface area contributed by atoms with Crippen molar-refractivity contribution in [3.05, 3.63) is 58.6 Å². The molecule has 0 radical (unpaired) electrons. The van der Waals surface area contributed by atoms with Gasteiger partial charge in [-0.15, -0.1) is 0 Å². The number of rotatable bonds is 4. The maximum absolute atomic E-state index is 13.1. The van der Waals surface area contributed by atoms with Crippen molar-refractivity contribution in [2.75, 3.05) is 25.0 Å². The lowest BCUT2D eigenvalue weighted by atomic mass is 9.87. The molecule has 5 nitrogen and oxygen atoms in total. The third-order valence-corrected chi connectivity index (χ3v) is 7.52. The highest BCUT2D eigenvalue weighted by Crippen LogP contribution is 2.28. The zero-order valence-corrected chi connectivity index (χ0v) is 18.8. The third-order valence-electron chi connectivity index (χ3n) is 5.30. The molecule has 0 aromatic heterocycles. The minimum Gasteiger partial charge on any atom is -0.311 e. The van der Waals surface area contributed by atoms with Crippen LogP contribution in [0.2, 0.25) is 5.02 Å². The molecule has 156 valence electrons. The first kappa shape index (κ1) is 21.8. The standard InChI is InChI=1S/C22H27ClN2O3S/c1-22(2,3)16-7-9-17(10-8-16)24(4)21(26)19-15-18(11-12-20(19)23)29(27,28)25-13-5-6-14-25/h7-12,15H,5-6,13-14H2,1-4H3. The number of hydrogen-bond acceptors (Lipinski definition) is 3. The van der Waals surface area contributed by atoms with E-state index in [0.717, 1.165) is 12.8 Å². The summed E-state index contributed by atoms with van der Waals surface area (Å²) in [5.74, 6) is -0.350. The van der Waals surface area contributed by atoms with Crippen molar-refractivity contribution in [1.29, 1.82) is 0 Å².